The maximum Gasteiger partial charge on any atom is 0.191 e. The van der Waals surface area contributed by atoms with Crippen LogP contribution in [0.5, 0.6) is 0 Å². The Morgan fingerprint density at radius 2 is 2.12 bits per heavy atom. The normalized spacial score (nSPS) is 37.6. The number of fused-ring (bicyclic) bond motifs is 1. The predicted molar refractivity (Wildman–Crippen MR) is 114 cm³/mol. The van der Waals surface area contributed by atoms with Crippen molar-refractivity contribution in [2.45, 2.75) is 44.4 Å². The highest BCUT2D eigenvalue weighted by atomic mass is 127. The van der Waals surface area contributed by atoms with Gasteiger partial charge in [0.25, 0.3) is 0 Å². The number of ether oxygens (including phenoxy) is 1. The second kappa shape index (κ2) is 7.88. The molecule has 0 aromatic carbocycles. The molecule has 2 N–H and O–H groups in total. The van der Waals surface area contributed by atoms with Crippen LogP contribution in [0.25, 0.3) is 0 Å². The van der Waals surface area contributed by atoms with Crippen LogP contribution in [-0.2, 0) is 4.74 Å². The average molecular weight is 468 g/mol. The van der Waals surface area contributed by atoms with Crippen molar-refractivity contribution in [1.82, 2.24) is 15.5 Å². The van der Waals surface area contributed by atoms with Crippen molar-refractivity contribution in [2.75, 3.05) is 45.8 Å². The molecule has 2 heterocycles. The van der Waals surface area contributed by atoms with Crippen molar-refractivity contribution in [2.24, 2.45) is 16.3 Å². The zero-order valence-electron chi connectivity index (χ0n) is 15.6. The SMILES string of the molecule is CN=C(NCC1(N(C)C)CCSC1)NC1C2CCOC2C1(C)C.I. The molecule has 0 aromatic rings. The zero-order chi connectivity index (χ0) is 16.7. The Morgan fingerprint density at radius 1 is 1.38 bits per heavy atom. The van der Waals surface area contributed by atoms with Gasteiger partial charge in [0.05, 0.1) is 6.10 Å². The Hall–Kier alpha value is 0.270. The Kier molecular flexibility index (Phi) is 6.76. The Bertz CT molecular complexity index is 466. The van der Waals surface area contributed by atoms with Gasteiger partial charge in [-0.25, -0.2) is 0 Å². The summed E-state index contributed by atoms with van der Waals surface area (Å²) in [5, 5.41) is 7.27. The monoisotopic (exact) mass is 468 g/mol. The smallest absolute Gasteiger partial charge is 0.191 e. The summed E-state index contributed by atoms with van der Waals surface area (Å²) in [5.74, 6) is 4.01. The molecule has 0 spiro atoms. The third-order valence-electron chi connectivity index (χ3n) is 6.23. The van der Waals surface area contributed by atoms with Crippen molar-refractivity contribution in [3.05, 3.63) is 0 Å². The minimum Gasteiger partial charge on any atom is -0.377 e. The van der Waals surface area contributed by atoms with Crippen LogP contribution in [0.4, 0.5) is 0 Å². The number of nitrogens with one attached hydrogen (secondary N) is 2. The van der Waals surface area contributed by atoms with Crippen LogP contribution < -0.4 is 10.6 Å². The van der Waals surface area contributed by atoms with E-state index in [9.17, 15) is 0 Å². The summed E-state index contributed by atoms with van der Waals surface area (Å²) in [4.78, 5) is 6.85. The molecule has 3 aliphatic rings. The summed E-state index contributed by atoms with van der Waals surface area (Å²) in [6.07, 6.45) is 2.82. The van der Waals surface area contributed by atoms with Gasteiger partial charge in [-0.15, -0.1) is 24.0 Å². The molecular weight excluding hydrogens is 435 g/mol. The van der Waals surface area contributed by atoms with Gasteiger partial charge in [-0.1, -0.05) is 13.8 Å². The first kappa shape index (κ1) is 20.6. The molecule has 3 rings (SSSR count). The number of aliphatic imine (C=N–C) groups is 1. The molecule has 24 heavy (non-hydrogen) atoms. The highest BCUT2D eigenvalue weighted by Gasteiger charge is 2.59. The molecule has 0 bridgehead atoms. The standard InChI is InChI=1S/C17H32N4OS.HI/c1-16(2)13(12-6-8-22-14(12)16)20-15(18-3)19-10-17(21(4)5)7-9-23-11-17;/h12-14H,6-11H2,1-5H3,(H2,18,19,20);1H. The molecule has 0 radical (unpaired) electrons. The molecule has 2 aliphatic heterocycles. The summed E-state index contributed by atoms with van der Waals surface area (Å²) < 4.78 is 5.89. The predicted octanol–water partition coefficient (Wildman–Crippen LogP) is 2.02. The lowest BCUT2D eigenvalue weighted by Crippen LogP contribution is -2.68. The molecule has 4 unspecified atom stereocenters. The summed E-state index contributed by atoms with van der Waals surface area (Å²) in [6.45, 7) is 6.47. The number of thioether (sulfide) groups is 1. The molecular formula is C17H33IN4OS. The quantitative estimate of drug-likeness (QED) is 0.376. The van der Waals surface area contributed by atoms with E-state index in [1.165, 1.54) is 24.3 Å². The lowest BCUT2D eigenvalue weighted by atomic mass is 9.57. The van der Waals surface area contributed by atoms with E-state index < -0.39 is 0 Å². The fourth-order valence-electron chi connectivity index (χ4n) is 4.45. The van der Waals surface area contributed by atoms with Crippen molar-refractivity contribution in [1.29, 1.82) is 0 Å². The molecule has 1 saturated carbocycles. The van der Waals surface area contributed by atoms with E-state index in [4.69, 9.17) is 4.74 Å². The first-order valence-corrected chi connectivity index (χ1v) is 9.90. The largest absolute Gasteiger partial charge is 0.377 e. The van der Waals surface area contributed by atoms with E-state index >= 15 is 0 Å². The first-order valence-electron chi connectivity index (χ1n) is 8.75. The second-order valence-corrected chi connectivity index (χ2v) is 9.14. The van der Waals surface area contributed by atoms with E-state index in [1.807, 2.05) is 7.05 Å². The first-order chi connectivity index (χ1) is 10.9. The number of likely N-dealkylation sites (N-methyl/N-ethyl adjacent to an activating group) is 1. The van der Waals surface area contributed by atoms with E-state index in [0.717, 1.165) is 19.1 Å². The summed E-state index contributed by atoms with van der Waals surface area (Å²) in [6, 6.07) is 0.453. The molecule has 2 saturated heterocycles. The van der Waals surface area contributed by atoms with Crippen LogP contribution in [0.3, 0.4) is 0 Å². The van der Waals surface area contributed by atoms with Gasteiger partial charge < -0.3 is 20.3 Å². The molecule has 5 nitrogen and oxygen atoms in total. The number of hydrogen-bond donors (Lipinski definition) is 2. The highest BCUT2D eigenvalue weighted by molar-refractivity contribution is 14.0. The summed E-state index contributed by atoms with van der Waals surface area (Å²) in [5.41, 5.74) is 0.428. The summed E-state index contributed by atoms with van der Waals surface area (Å²) >= 11 is 2.05. The Morgan fingerprint density at radius 3 is 2.71 bits per heavy atom. The average Bonchev–Trinajstić information content (AvgIpc) is 3.16. The van der Waals surface area contributed by atoms with Gasteiger partial charge in [0, 0.05) is 48.9 Å². The van der Waals surface area contributed by atoms with Crippen LogP contribution in [0.2, 0.25) is 0 Å². The fourth-order valence-corrected chi connectivity index (χ4v) is 6.01. The fraction of sp³-hybridized carbons (Fsp3) is 0.941. The summed E-state index contributed by atoms with van der Waals surface area (Å²) in [7, 11) is 6.26. The van der Waals surface area contributed by atoms with Crippen molar-refractivity contribution in [3.8, 4) is 0 Å². The van der Waals surface area contributed by atoms with Gasteiger partial charge in [-0.2, -0.15) is 11.8 Å². The molecule has 1 aliphatic carbocycles. The van der Waals surface area contributed by atoms with Crippen LogP contribution in [0, 0.1) is 11.3 Å². The van der Waals surface area contributed by atoms with Crippen LogP contribution in [-0.4, -0.2) is 74.3 Å². The van der Waals surface area contributed by atoms with Crippen LogP contribution in [0.1, 0.15) is 26.7 Å². The van der Waals surface area contributed by atoms with Gasteiger partial charge in [-0.05, 0) is 32.7 Å². The Balaban J connectivity index is 0.00000208. The number of rotatable bonds is 4. The minimum absolute atomic E-state index is 0. The Labute approximate surface area is 168 Å². The van der Waals surface area contributed by atoms with E-state index in [1.54, 1.807) is 0 Å². The number of hydrogen-bond acceptors (Lipinski definition) is 4. The van der Waals surface area contributed by atoms with Crippen molar-refractivity contribution < 1.29 is 4.74 Å². The number of guanidine groups is 1. The second-order valence-electron chi connectivity index (χ2n) is 8.03. The maximum absolute atomic E-state index is 5.89. The third-order valence-corrected chi connectivity index (χ3v) is 7.47. The lowest BCUT2D eigenvalue weighted by molar-refractivity contribution is -0.106. The van der Waals surface area contributed by atoms with E-state index in [0.29, 0.717) is 18.1 Å². The minimum atomic E-state index is 0. The topological polar surface area (TPSA) is 48.9 Å². The molecule has 7 heteroatoms. The molecule has 3 fully saturated rings. The maximum atomic E-state index is 5.89. The number of halogens is 1. The third kappa shape index (κ3) is 3.55. The lowest BCUT2D eigenvalue weighted by Gasteiger charge is -2.55. The molecule has 4 atom stereocenters. The molecule has 0 aromatic heterocycles. The molecule has 0 amide bonds. The molecule has 140 valence electrons. The zero-order valence-corrected chi connectivity index (χ0v) is 18.7. The van der Waals surface area contributed by atoms with Crippen molar-refractivity contribution in [3.63, 3.8) is 0 Å². The number of nitrogens with zero attached hydrogens (tertiary/aromatic N) is 2. The van der Waals surface area contributed by atoms with Gasteiger partial charge >= 0.3 is 0 Å². The van der Waals surface area contributed by atoms with Gasteiger partial charge in [0.2, 0.25) is 0 Å². The van der Waals surface area contributed by atoms with Crippen LogP contribution in [0.15, 0.2) is 4.99 Å². The highest BCUT2D eigenvalue weighted by Crippen LogP contribution is 2.52. The van der Waals surface area contributed by atoms with E-state index in [2.05, 4.69) is 60.2 Å². The van der Waals surface area contributed by atoms with Crippen molar-refractivity contribution >= 4 is 41.7 Å². The van der Waals surface area contributed by atoms with Gasteiger partial charge in [-0.3, -0.25) is 4.99 Å². The van der Waals surface area contributed by atoms with Crippen LogP contribution >= 0.6 is 35.7 Å². The van der Waals surface area contributed by atoms with Gasteiger partial charge in [0.1, 0.15) is 0 Å². The van der Waals surface area contributed by atoms with Gasteiger partial charge in [0.15, 0.2) is 5.96 Å². The van der Waals surface area contributed by atoms with E-state index in [-0.39, 0.29) is 34.9 Å².